The van der Waals surface area contributed by atoms with Gasteiger partial charge in [0.15, 0.2) is 0 Å². The lowest BCUT2D eigenvalue weighted by atomic mass is 10.1. The highest BCUT2D eigenvalue weighted by Crippen LogP contribution is 2.03. The fourth-order valence-electron chi connectivity index (χ4n) is 1.31. The van der Waals surface area contributed by atoms with Gasteiger partial charge in [-0.3, -0.25) is 4.79 Å². The number of nitrogens with one attached hydrogen (secondary N) is 1. The van der Waals surface area contributed by atoms with E-state index in [0.717, 1.165) is 12.8 Å². The summed E-state index contributed by atoms with van der Waals surface area (Å²) in [6.45, 7) is 7.67. The van der Waals surface area contributed by atoms with E-state index in [2.05, 4.69) is 19.2 Å². The van der Waals surface area contributed by atoms with E-state index in [0.29, 0.717) is 25.7 Å². The molecule has 4 nitrogen and oxygen atoms in total. The van der Waals surface area contributed by atoms with Gasteiger partial charge in [-0.25, -0.2) is 0 Å². The molecule has 1 unspecified atom stereocenters. The summed E-state index contributed by atoms with van der Waals surface area (Å²) in [7, 11) is 1.74. The van der Waals surface area contributed by atoms with Crippen molar-refractivity contribution in [3.63, 3.8) is 0 Å². The van der Waals surface area contributed by atoms with Gasteiger partial charge in [-0.1, -0.05) is 13.8 Å². The minimum absolute atomic E-state index is 0.242. The van der Waals surface area contributed by atoms with Gasteiger partial charge < -0.3 is 14.8 Å². The van der Waals surface area contributed by atoms with Crippen LogP contribution in [0.3, 0.4) is 0 Å². The highest BCUT2D eigenvalue weighted by molar-refractivity contribution is 5.75. The van der Waals surface area contributed by atoms with Crippen molar-refractivity contribution in [2.45, 2.75) is 39.7 Å². The van der Waals surface area contributed by atoms with Gasteiger partial charge in [0.1, 0.15) is 6.04 Å². The molecule has 0 rings (SSSR count). The number of hydrogen-bond acceptors (Lipinski definition) is 4. The fraction of sp³-hybridized carbons (Fsp3) is 0.917. The van der Waals surface area contributed by atoms with Crippen LogP contribution in [0.1, 0.15) is 33.6 Å². The average molecular weight is 231 g/mol. The summed E-state index contributed by atoms with van der Waals surface area (Å²) in [5.74, 6) is 0.461. The Morgan fingerprint density at radius 1 is 1.38 bits per heavy atom. The maximum absolute atomic E-state index is 11.4. The van der Waals surface area contributed by atoms with Crippen LogP contribution in [-0.4, -0.2) is 38.9 Å². The van der Waals surface area contributed by atoms with Crippen molar-refractivity contribution < 1.29 is 14.3 Å². The van der Waals surface area contributed by atoms with E-state index in [9.17, 15) is 4.79 Å². The summed E-state index contributed by atoms with van der Waals surface area (Å²) in [6, 6.07) is -0.348. The summed E-state index contributed by atoms with van der Waals surface area (Å²) in [5.41, 5.74) is 0. The van der Waals surface area contributed by atoms with Crippen molar-refractivity contribution in [1.29, 1.82) is 0 Å². The third-order valence-corrected chi connectivity index (χ3v) is 2.27. The summed E-state index contributed by atoms with van der Waals surface area (Å²) >= 11 is 0. The number of likely N-dealkylation sites (N-methyl/N-ethyl adjacent to an activating group) is 1. The van der Waals surface area contributed by atoms with Gasteiger partial charge in [0.2, 0.25) is 0 Å². The van der Waals surface area contributed by atoms with Crippen molar-refractivity contribution in [2.75, 3.05) is 26.9 Å². The zero-order valence-corrected chi connectivity index (χ0v) is 10.9. The van der Waals surface area contributed by atoms with Crippen molar-refractivity contribution >= 4 is 5.97 Å². The quantitative estimate of drug-likeness (QED) is 0.483. The Balaban J connectivity index is 3.59. The molecule has 0 radical (unpaired) electrons. The monoisotopic (exact) mass is 231 g/mol. The molecule has 0 aromatic carbocycles. The molecule has 0 saturated carbocycles. The molecule has 16 heavy (non-hydrogen) atoms. The number of ether oxygens (including phenoxy) is 2. The molecule has 0 spiro atoms. The number of carbonyl (C=O) groups is 1. The Hall–Kier alpha value is -0.610. The minimum Gasteiger partial charge on any atom is -0.465 e. The van der Waals surface area contributed by atoms with Crippen LogP contribution < -0.4 is 5.32 Å². The van der Waals surface area contributed by atoms with E-state index < -0.39 is 0 Å². The lowest BCUT2D eigenvalue weighted by molar-refractivity contribution is -0.147. The van der Waals surface area contributed by atoms with Crippen molar-refractivity contribution in [3.05, 3.63) is 0 Å². The van der Waals surface area contributed by atoms with Crippen LogP contribution in [0.25, 0.3) is 0 Å². The lowest BCUT2D eigenvalue weighted by Crippen LogP contribution is -2.39. The second-order valence-corrected chi connectivity index (χ2v) is 4.20. The first kappa shape index (κ1) is 15.4. The molecular formula is C12H25NO3. The summed E-state index contributed by atoms with van der Waals surface area (Å²) in [5, 5.41) is 2.89. The lowest BCUT2D eigenvalue weighted by Gasteiger charge is -2.14. The van der Waals surface area contributed by atoms with Gasteiger partial charge in [0.25, 0.3) is 0 Å². The molecule has 0 amide bonds. The Bertz CT molecular complexity index is 183. The Labute approximate surface area is 98.7 Å². The van der Waals surface area contributed by atoms with E-state index in [4.69, 9.17) is 9.47 Å². The molecular weight excluding hydrogens is 206 g/mol. The normalized spacial score (nSPS) is 12.8. The zero-order valence-electron chi connectivity index (χ0n) is 10.9. The van der Waals surface area contributed by atoms with Crippen LogP contribution in [0.4, 0.5) is 0 Å². The first-order valence-electron chi connectivity index (χ1n) is 6.03. The topological polar surface area (TPSA) is 47.6 Å². The maximum Gasteiger partial charge on any atom is 0.325 e. The van der Waals surface area contributed by atoms with Crippen molar-refractivity contribution in [1.82, 2.24) is 5.32 Å². The molecule has 0 fully saturated rings. The fourth-order valence-corrected chi connectivity index (χ4v) is 1.31. The number of esters is 1. The summed E-state index contributed by atoms with van der Waals surface area (Å²) < 4.78 is 10.3. The van der Waals surface area contributed by atoms with Gasteiger partial charge >= 0.3 is 5.97 Å². The van der Waals surface area contributed by atoms with Crippen molar-refractivity contribution in [3.8, 4) is 0 Å². The first-order valence-corrected chi connectivity index (χ1v) is 6.03. The Morgan fingerprint density at radius 2 is 2.06 bits per heavy atom. The number of hydrogen-bond donors (Lipinski definition) is 1. The third kappa shape index (κ3) is 7.65. The number of carbonyl (C=O) groups excluding carboxylic acids is 1. The summed E-state index contributed by atoms with van der Waals surface area (Å²) in [4.78, 5) is 11.4. The number of rotatable bonds is 9. The van der Waals surface area contributed by atoms with Gasteiger partial charge in [-0.2, -0.15) is 0 Å². The molecule has 0 aromatic rings. The highest BCUT2D eigenvalue weighted by Gasteiger charge is 2.17. The molecule has 1 N–H and O–H groups in total. The molecule has 0 saturated heterocycles. The van der Waals surface area contributed by atoms with Gasteiger partial charge in [-0.05, 0) is 32.7 Å². The van der Waals surface area contributed by atoms with Crippen molar-refractivity contribution in [2.24, 2.45) is 5.92 Å². The van der Waals surface area contributed by atoms with Crippen LogP contribution in [0.15, 0.2) is 0 Å². The Morgan fingerprint density at radius 3 is 2.56 bits per heavy atom. The van der Waals surface area contributed by atoms with E-state index in [-0.39, 0.29) is 12.0 Å². The van der Waals surface area contributed by atoms with E-state index in [1.807, 2.05) is 0 Å². The molecule has 4 heteroatoms. The molecule has 0 aliphatic carbocycles. The van der Waals surface area contributed by atoms with E-state index >= 15 is 0 Å². The predicted molar refractivity (Wildman–Crippen MR) is 64.4 cm³/mol. The first-order chi connectivity index (χ1) is 7.61. The molecule has 0 aliphatic heterocycles. The SMILES string of the molecule is CCOC(=O)C(COCCCC(C)C)NC. The van der Waals surface area contributed by atoms with Gasteiger partial charge in [0.05, 0.1) is 13.2 Å². The van der Waals surface area contributed by atoms with Crippen LogP contribution in [0.2, 0.25) is 0 Å². The van der Waals surface area contributed by atoms with Crippen LogP contribution in [0, 0.1) is 5.92 Å². The average Bonchev–Trinajstić information content (AvgIpc) is 2.23. The summed E-state index contributed by atoms with van der Waals surface area (Å²) in [6.07, 6.45) is 2.19. The van der Waals surface area contributed by atoms with E-state index in [1.165, 1.54) is 0 Å². The minimum atomic E-state index is -0.348. The second kappa shape index (κ2) is 9.60. The van der Waals surface area contributed by atoms with Crippen LogP contribution >= 0.6 is 0 Å². The highest BCUT2D eigenvalue weighted by atomic mass is 16.5. The van der Waals surface area contributed by atoms with Crippen LogP contribution in [-0.2, 0) is 14.3 Å². The molecule has 0 aliphatic rings. The van der Waals surface area contributed by atoms with Gasteiger partial charge in [-0.15, -0.1) is 0 Å². The second-order valence-electron chi connectivity index (χ2n) is 4.20. The molecule has 0 bridgehead atoms. The molecule has 96 valence electrons. The molecule has 0 aromatic heterocycles. The van der Waals surface area contributed by atoms with Crippen LogP contribution in [0.5, 0.6) is 0 Å². The van der Waals surface area contributed by atoms with Gasteiger partial charge in [0, 0.05) is 6.61 Å². The maximum atomic E-state index is 11.4. The van der Waals surface area contributed by atoms with E-state index in [1.54, 1.807) is 14.0 Å². The zero-order chi connectivity index (χ0) is 12.4. The smallest absolute Gasteiger partial charge is 0.325 e. The third-order valence-electron chi connectivity index (χ3n) is 2.27. The molecule has 1 atom stereocenters. The Kier molecular flexibility index (Phi) is 9.24. The largest absolute Gasteiger partial charge is 0.465 e. The predicted octanol–water partition coefficient (Wildman–Crippen LogP) is 1.59. The molecule has 0 heterocycles. The standard InChI is InChI=1S/C12H25NO3/c1-5-16-12(14)11(13-4)9-15-8-6-7-10(2)3/h10-11,13H,5-9H2,1-4H3.